The van der Waals surface area contributed by atoms with Gasteiger partial charge in [-0.25, -0.2) is 4.79 Å². The smallest absolute Gasteiger partial charge is 0.337 e. The molecule has 1 heterocycles. The summed E-state index contributed by atoms with van der Waals surface area (Å²) in [5.74, 6) is -1.51. The molecular formula is C22H21NO6. The Morgan fingerprint density at radius 3 is 2.34 bits per heavy atom. The van der Waals surface area contributed by atoms with E-state index in [2.05, 4.69) is 4.74 Å². The summed E-state index contributed by atoms with van der Waals surface area (Å²) in [6.07, 6.45) is 0.414. The lowest BCUT2D eigenvalue weighted by Crippen LogP contribution is -2.31. The number of carbonyl (C=O) groups is 4. The van der Waals surface area contributed by atoms with Crippen LogP contribution < -0.4 is 0 Å². The van der Waals surface area contributed by atoms with Crippen molar-refractivity contribution in [2.24, 2.45) is 0 Å². The first-order chi connectivity index (χ1) is 13.9. The number of rotatable bonds is 7. The van der Waals surface area contributed by atoms with Crippen molar-refractivity contribution >= 4 is 23.8 Å². The lowest BCUT2D eigenvalue weighted by molar-refractivity contribution is -0.145. The van der Waals surface area contributed by atoms with Gasteiger partial charge in [0.05, 0.1) is 23.8 Å². The summed E-state index contributed by atoms with van der Waals surface area (Å²) in [7, 11) is 1.31. The minimum Gasteiger partial charge on any atom is -0.465 e. The van der Waals surface area contributed by atoms with Crippen molar-refractivity contribution in [1.29, 1.82) is 0 Å². The van der Waals surface area contributed by atoms with Crippen molar-refractivity contribution in [2.45, 2.75) is 26.4 Å². The van der Waals surface area contributed by atoms with Crippen molar-refractivity contribution in [3.63, 3.8) is 0 Å². The largest absolute Gasteiger partial charge is 0.465 e. The Kier molecular flexibility index (Phi) is 6.07. The van der Waals surface area contributed by atoms with Gasteiger partial charge in [-0.05, 0) is 43.2 Å². The van der Waals surface area contributed by atoms with Gasteiger partial charge in [-0.15, -0.1) is 0 Å². The monoisotopic (exact) mass is 395 g/mol. The lowest BCUT2D eigenvalue weighted by atomic mass is 10.1. The number of nitrogens with zero attached hydrogens (tertiary/aromatic N) is 1. The molecular weight excluding hydrogens is 374 g/mol. The zero-order valence-corrected chi connectivity index (χ0v) is 16.3. The van der Waals surface area contributed by atoms with Crippen molar-refractivity contribution < 1.29 is 28.7 Å². The standard InChI is InChI=1S/C22H21NO6/c1-14-5-10-17-18(12-14)21(26)23(20(17)25)11-3-4-19(24)29-13-15-6-8-16(9-7-15)22(27)28-2/h5-10,12H,3-4,11,13H2,1-2H3. The molecule has 0 bridgehead atoms. The van der Waals surface area contributed by atoms with Crippen LogP contribution in [0.2, 0.25) is 0 Å². The zero-order chi connectivity index (χ0) is 21.0. The molecule has 0 aromatic heterocycles. The first-order valence-corrected chi connectivity index (χ1v) is 9.20. The number of hydrogen-bond acceptors (Lipinski definition) is 6. The third-order valence-electron chi connectivity index (χ3n) is 4.66. The summed E-state index contributed by atoms with van der Waals surface area (Å²) in [5, 5.41) is 0. The van der Waals surface area contributed by atoms with Gasteiger partial charge in [0, 0.05) is 13.0 Å². The molecule has 0 spiro atoms. The third-order valence-corrected chi connectivity index (χ3v) is 4.66. The van der Waals surface area contributed by atoms with Crippen molar-refractivity contribution in [2.75, 3.05) is 13.7 Å². The summed E-state index contributed by atoms with van der Waals surface area (Å²) in [6, 6.07) is 11.7. The first kappa shape index (κ1) is 20.3. The zero-order valence-electron chi connectivity index (χ0n) is 16.3. The molecule has 2 aromatic rings. The van der Waals surface area contributed by atoms with E-state index in [1.165, 1.54) is 12.0 Å². The van der Waals surface area contributed by atoms with Gasteiger partial charge in [0.15, 0.2) is 0 Å². The second-order valence-corrected chi connectivity index (χ2v) is 6.76. The molecule has 1 aliphatic rings. The van der Waals surface area contributed by atoms with Gasteiger partial charge in [-0.1, -0.05) is 23.8 Å². The van der Waals surface area contributed by atoms with Crippen LogP contribution >= 0.6 is 0 Å². The van der Waals surface area contributed by atoms with E-state index in [-0.39, 0.29) is 31.4 Å². The average molecular weight is 395 g/mol. The number of carbonyl (C=O) groups excluding carboxylic acids is 4. The Balaban J connectivity index is 1.45. The van der Waals surface area contributed by atoms with Crippen LogP contribution in [0.1, 0.15) is 55.0 Å². The van der Waals surface area contributed by atoms with E-state index < -0.39 is 11.9 Å². The molecule has 0 N–H and O–H groups in total. The number of hydrogen-bond donors (Lipinski definition) is 0. The molecule has 0 saturated heterocycles. The maximum atomic E-state index is 12.4. The molecule has 150 valence electrons. The predicted molar refractivity (Wildman–Crippen MR) is 103 cm³/mol. The van der Waals surface area contributed by atoms with Gasteiger partial charge >= 0.3 is 11.9 Å². The van der Waals surface area contributed by atoms with Crippen LogP contribution in [0.15, 0.2) is 42.5 Å². The number of esters is 2. The molecule has 0 unspecified atom stereocenters. The number of amides is 2. The topological polar surface area (TPSA) is 90.0 Å². The molecule has 2 amide bonds. The quantitative estimate of drug-likeness (QED) is 0.529. The summed E-state index contributed by atoms with van der Waals surface area (Å²) < 4.78 is 9.83. The maximum Gasteiger partial charge on any atom is 0.337 e. The van der Waals surface area contributed by atoms with E-state index in [0.717, 1.165) is 11.1 Å². The van der Waals surface area contributed by atoms with Crippen LogP contribution in [0, 0.1) is 6.92 Å². The van der Waals surface area contributed by atoms with Gasteiger partial charge in [0.1, 0.15) is 6.61 Å². The first-order valence-electron chi connectivity index (χ1n) is 9.20. The highest BCUT2D eigenvalue weighted by Crippen LogP contribution is 2.24. The van der Waals surface area contributed by atoms with Gasteiger partial charge in [0.2, 0.25) is 0 Å². The van der Waals surface area contributed by atoms with Crippen LogP contribution in [0.5, 0.6) is 0 Å². The van der Waals surface area contributed by atoms with E-state index in [0.29, 0.717) is 23.1 Å². The summed E-state index contributed by atoms with van der Waals surface area (Å²) in [6.45, 7) is 2.10. The number of imide groups is 1. The van der Waals surface area contributed by atoms with Crippen LogP contribution in [0.25, 0.3) is 0 Å². The summed E-state index contributed by atoms with van der Waals surface area (Å²) in [5.41, 5.74) is 2.88. The highest BCUT2D eigenvalue weighted by atomic mass is 16.5. The molecule has 7 heteroatoms. The molecule has 0 aliphatic carbocycles. The predicted octanol–water partition coefficient (Wildman–Crippen LogP) is 2.90. The second kappa shape index (κ2) is 8.68. The molecule has 0 saturated carbocycles. The number of ether oxygens (including phenoxy) is 2. The number of benzene rings is 2. The highest BCUT2D eigenvalue weighted by molar-refractivity contribution is 6.21. The van der Waals surface area contributed by atoms with E-state index in [1.54, 1.807) is 42.5 Å². The molecule has 3 rings (SSSR count). The van der Waals surface area contributed by atoms with Crippen LogP contribution in [0.4, 0.5) is 0 Å². The molecule has 29 heavy (non-hydrogen) atoms. The summed E-state index contributed by atoms with van der Waals surface area (Å²) in [4.78, 5) is 49.3. The maximum absolute atomic E-state index is 12.4. The van der Waals surface area contributed by atoms with Crippen molar-refractivity contribution in [3.05, 3.63) is 70.3 Å². The van der Waals surface area contributed by atoms with Crippen LogP contribution in [-0.4, -0.2) is 42.3 Å². The summed E-state index contributed by atoms with van der Waals surface area (Å²) >= 11 is 0. The van der Waals surface area contributed by atoms with Gasteiger partial charge in [-0.3, -0.25) is 19.3 Å². The normalized spacial score (nSPS) is 12.7. The molecule has 1 aliphatic heterocycles. The van der Waals surface area contributed by atoms with E-state index in [4.69, 9.17) is 4.74 Å². The Morgan fingerprint density at radius 2 is 1.66 bits per heavy atom. The lowest BCUT2D eigenvalue weighted by Gasteiger charge is -2.13. The minimum atomic E-state index is -0.433. The fourth-order valence-corrected chi connectivity index (χ4v) is 3.08. The molecule has 7 nitrogen and oxygen atoms in total. The number of aryl methyl sites for hydroxylation is 1. The fourth-order valence-electron chi connectivity index (χ4n) is 3.08. The Hall–Kier alpha value is -3.48. The van der Waals surface area contributed by atoms with Gasteiger partial charge in [-0.2, -0.15) is 0 Å². The van der Waals surface area contributed by atoms with Crippen LogP contribution in [0.3, 0.4) is 0 Å². The molecule has 0 radical (unpaired) electrons. The van der Waals surface area contributed by atoms with E-state index >= 15 is 0 Å². The van der Waals surface area contributed by atoms with E-state index in [1.807, 2.05) is 6.92 Å². The Morgan fingerprint density at radius 1 is 0.966 bits per heavy atom. The Labute approximate surface area is 168 Å². The highest BCUT2D eigenvalue weighted by Gasteiger charge is 2.34. The Bertz CT molecular complexity index is 964. The molecule has 0 fully saturated rings. The van der Waals surface area contributed by atoms with Crippen molar-refractivity contribution in [3.8, 4) is 0 Å². The fraction of sp³-hybridized carbons (Fsp3) is 0.273. The van der Waals surface area contributed by atoms with Gasteiger partial charge < -0.3 is 9.47 Å². The molecule has 2 aromatic carbocycles. The van der Waals surface area contributed by atoms with Crippen LogP contribution in [-0.2, 0) is 20.9 Å². The minimum absolute atomic E-state index is 0.0760. The average Bonchev–Trinajstić information content (AvgIpc) is 2.96. The second-order valence-electron chi connectivity index (χ2n) is 6.76. The van der Waals surface area contributed by atoms with E-state index in [9.17, 15) is 19.2 Å². The van der Waals surface area contributed by atoms with Gasteiger partial charge in [0.25, 0.3) is 11.8 Å². The number of methoxy groups -OCH3 is 1. The number of fused-ring (bicyclic) bond motifs is 1. The molecule has 0 atom stereocenters. The third kappa shape index (κ3) is 4.51. The SMILES string of the molecule is COC(=O)c1ccc(COC(=O)CCCN2C(=O)c3ccc(C)cc3C2=O)cc1. The van der Waals surface area contributed by atoms with Crippen molar-refractivity contribution in [1.82, 2.24) is 4.90 Å².